The largest absolute Gasteiger partial charge is 0.496 e. The number of ether oxygens (including phenoxy) is 5. The Balaban J connectivity index is 1.79. The van der Waals surface area contributed by atoms with Crippen LogP contribution in [0, 0.1) is 0 Å². The number of methoxy groups -OCH3 is 2. The summed E-state index contributed by atoms with van der Waals surface area (Å²) in [4.78, 5) is 0. The predicted octanol–water partition coefficient (Wildman–Crippen LogP) is 4.74. The first-order chi connectivity index (χ1) is 15.2. The monoisotopic (exact) mass is 420 g/mol. The molecule has 0 aromatic heterocycles. The molecule has 2 saturated heterocycles. The highest BCUT2D eigenvalue weighted by Gasteiger charge is 2.48. The zero-order chi connectivity index (χ0) is 21.5. The van der Waals surface area contributed by atoms with E-state index in [0.29, 0.717) is 13.2 Å². The molecule has 0 N–H and O–H groups in total. The third-order valence-corrected chi connectivity index (χ3v) is 6.19. The van der Waals surface area contributed by atoms with E-state index in [1.54, 1.807) is 14.2 Å². The Morgan fingerprint density at radius 2 is 1.26 bits per heavy atom. The van der Waals surface area contributed by atoms with Crippen LogP contribution >= 0.6 is 0 Å². The molecule has 0 amide bonds. The number of allylic oxidation sites excluding steroid dienone is 2. The molecular formula is C26H28O5. The second kappa shape index (κ2) is 8.15. The number of hydrogen-bond donors (Lipinski definition) is 0. The molecular weight excluding hydrogens is 392 g/mol. The van der Waals surface area contributed by atoms with E-state index in [2.05, 4.69) is 37.4 Å². The minimum absolute atomic E-state index is 0.0231. The Hall–Kier alpha value is -2.60. The maximum absolute atomic E-state index is 6.04. The third kappa shape index (κ3) is 3.67. The van der Waals surface area contributed by atoms with Crippen molar-refractivity contribution in [1.82, 2.24) is 0 Å². The summed E-state index contributed by atoms with van der Waals surface area (Å²) in [6.07, 6.45) is 5.26. The molecule has 3 aliphatic heterocycles. The van der Waals surface area contributed by atoms with Crippen molar-refractivity contribution in [3.05, 3.63) is 71.8 Å². The van der Waals surface area contributed by atoms with Gasteiger partial charge in [0.15, 0.2) is 0 Å². The molecule has 3 aliphatic rings. The topological polar surface area (TPSA) is 52.8 Å². The van der Waals surface area contributed by atoms with E-state index in [1.165, 1.54) is 0 Å². The van der Waals surface area contributed by atoms with Gasteiger partial charge in [0.25, 0.3) is 0 Å². The van der Waals surface area contributed by atoms with Crippen molar-refractivity contribution >= 4 is 0 Å². The second-order valence-corrected chi connectivity index (χ2v) is 8.23. The lowest BCUT2D eigenvalue weighted by Crippen LogP contribution is -2.08. The predicted molar refractivity (Wildman–Crippen MR) is 119 cm³/mol. The molecule has 3 heterocycles. The first-order valence-electron chi connectivity index (χ1n) is 10.7. The molecule has 0 radical (unpaired) electrons. The molecule has 0 spiro atoms. The number of fused-ring (bicyclic) bond motifs is 7. The fourth-order valence-corrected chi connectivity index (χ4v) is 4.65. The lowest BCUT2D eigenvalue weighted by Gasteiger charge is -2.20. The highest BCUT2D eigenvalue weighted by molar-refractivity contribution is 5.78. The molecule has 5 rings (SSSR count). The third-order valence-electron chi connectivity index (χ3n) is 6.19. The van der Waals surface area contributed by atoms with E-state index >= 15 is 0 Å². The molecule has 4 atom stereocenters. The average molecular weight is 421 g/mol. The van der Waals surface area contributed by atoms with Crippen molar-refractivity contribution in [2.24, 2.45) is 0 Å². The van der Waals surface area contributed by atoms with Crippen LogP contribution in [0.25, 0.3) is 11.1 Å². The van der Waals surface area contributed by atoms with Gasteiger partial charge in [-0.1, -0.05) is 24.3 Å². The SMILES string of the molecule is C=CCc1cc(OC)c2c(c1)-c1cc(CC=C)cc(OC)c1C1OC1COCC1OC21. The van der Waals surface area contributed by atoms with Gasteiger partial charge in [0.05, 0.1) is 27.4 Å². The molecule has 162 valence electrons. The summed E-state index contributed by atoms with van der Waals surface area (Å²) in [6.45, 7) is 8.92. The first-order valence-corrected chi connectivity index (χ1v) is 10.7. The van der Waals surface area contributed by atoms with Gasteiger partial charge in [0, 0.05) is 11.1 Å². The van der Waals surface area contributed by atoms with Crippen LogP contribution in [0.4, 0.5) is 0 Å². The summed E-state index contributed by atoms with van der Waals surface area (Å²) in [5.41, 5.74) is 6.59. The van der Waals surface area contributed by atoms with Gasteiger partial charge in [-0.2, -0.15) is 0 Å². The fourth-order valence-electron chi connectivity index (χ4n) is 4.65. The van der Waals surface area contributed by atoms with Gasteiger partial charge >= 0.3 is 0 Å². The molecule has 4 unspecified atom stereocenters. The molecule has 5 heteroatoms. The van der Waals surface area contributed by atoms with Crippen LogP contribution in [-0.4, -0.2) is 39.6 Å². The van der Waals surface area contributed by atoms with Gasteiger partial charge in [0.2, 0.25) is 0 Å². The number of epoxide rings is 2. The zero-order valence-electron chi connectivity index (χ0n) is 18.1. The van der Waals surface area contributed by atoms with Gasteiger partial charge in [-0.15, -0.1) is 13.2 Å². The second-order valence-electron chi connectivity index (χ2n) is 8.23. The molecule has 31 heavy (non-hydrogen) atoms. The van der Waals surface area contributed by atoms with Crippen molar-refractivity contribution in [3.63, 3.8) is 0 Å². The zero-order valence-corrected chi connectivity index (χ0v) is 18.1. The summed E-state index contributed by atoms with van der Waals surface area (Å²) >= 11 is 0. The molecule has 5 nitrogen and oxygen atoms in total. The number of hydrogen-bond acceptors (Lipinski definition) is 5. The smallest absolute Gasteiger partial charge is 0.125 e. The van der Waals surface area contributed by atoms with E-state index in [1.807, 2.05) is 12.2 Å². The van der Waals surface area contributed by atoms with E-state index < -0.39 is 0 Å². The first kappa shape index (κ1) is 20.3. The molecule has 0 saturated carbocycles. The molecule has 2 fully saturated rings. The van der Waals surface area contributed by atoms with Crippen LogP contribution in [0.5, 0.6) is 11.5 Å². The quantitative estimate of drug-likeness (QED) is 0.499. The molecule has 0 aliphatic carbocycles. The van der Waals surface area contributed by atoms with Crippen molar-refractivity contribution in [2.75, 3.05) is 27.4 Å². The highest BCUT2D eigenvalue weighted by atomic mass is 16.6. The summed E-state index contributed by atoms with van der Waals surface area (Å²) in [5, 5.41) is 0. The van der Waals surface area contributed by atoms with Gasteiger partial charge in [-0.25, -0.2) is 0 Å². The van der Waals surface area contributed by atoms with Crippen molar-refractivity contribution in [1.29, 1.82) is 0 Å². The Morgan fingerprint density at radius 3 is 1.65 bits per heavy atom. The van der Waals surface area contributed by atoms with E-state index in [9.17, 15) is 0 Å². The van der Waals surface area contributed by atoms with E-state index in [0.717, 1.165) is 57.7 Å². The highest BCUT2D eigenvalue weighted by Crippen LogP contribution is 2.54. The van der Waals surface area contributed by atoms with Crippen LogP contribution in [0.15, 0.2) is 49.6 Å². The van der Waals surface area contributed by atoms with Gasteiger partial charge in [-0.3, -0.25) is 0 Å². The molecule has 0 bridgehead atoms. The molecule has 2 aromatic rings. The fraction of sp³-hybridized carbons (Fsp3) is 0.385. The lowest BCUT2D eigenvalue weighted by atomic mass is 9.87. The maximum Gasteiger partial charge on any atom is 0.125 e. The van der Waals surface area contributed by atoms with Crippen LogP contribution in [-0.2, 0) is 27.1 Å². The van der Waals surface area contributed by atoms with Crippen LogP contribution < -0.4 is 9.47 Å². The van der Waals surface area contributed by atoms with Gasteiger partial charge in [0.1, 0.15) is 35.9 Å². The normalized spacial score (nSPS) is 25.6. The van der Waals surface area contributed by atoms with Crippen LogP contribution in [0.3, 0.4) is 0 Å². The van der Waals surface area contributed by atoms with Crippen LogP contribution in [0.1, 0.15) is 34.5 Å². The van der Waals surface area contributed by atoms with Crippen LogP contribution in [0.2, 0.25) is 0 Å². The number of benzene rings is 2. The Kier molecular flexibility index (Phi) is 5.34. The maximum atomic E-state index is 6.04. The number of rotatable bonds is 6. The lowest BCUT2D eigenvalue weighted by molar-refractivity contribution is 0.102. The van der Waals surface area contributed by atoms with Gasteiger partial charge in [-0.05, 0) is 47.2 Å². The summed E-state index contributed by atoms with van der Waals surface area (Å²) < 4.78 is 29.7. The minimum Gasteiger partial charge on any atom is -0.496 e. The van der Waals surface area contributed by atoms with Crippen molar-refractivity contribution in [3.8, 4) is 22.6 Å². The Labute approximate surface area is 183 Å². The van der Waals surface area contributed by atoms with E-state index in [-0.39, 0.29) is 24.4 Å². The summed E-state index contributed by atoms with van der Waals surface area (Å²) in [7, 11) is 3.42. The molecule has 2 aromatic carbocycles. The summed E-state index contributed by atoms with van der Waals surface area (Å²) in [6, 6.07) is 8.62. The standard InChI is InChI=1S/C26H28O5/c1-5-7-15-9-17-18-10-16(8-6-2)12-20(28-4)24(18)26-22(31-26)14-29-13-21-25(30-21)23(17)19(11-15)27-3/h5-6,9-12,21-22,25-26H,1-2,7-8,13-14H2,3-4H3. The van der Waals surface area contributed by atoms with Crippen molar-refractivity contribution < 1.29 is 23.7 Å². The minimum atomic E-state index is -0.0556. The van der Waals surface area contributed by atoms with E-state index in [4.69, 9.17) is 23.7 Å². The van der Waals surface area contributed by atoms with Gasteiger partial charge < -0.3 is 23.7 Å². The van der Waals surface area contributed by atoms with Crippen molar-refractivity contribution in [2.45, 2.75) is 37.3 Å². The average Bonchev–Trinajstić information content (AvgIpc) is 3.69. The Morgan fingerprint density at radius 1 is 0.806 bits per heavy atom. The Bertz CT molecular complexity index is 945. The summed E-state index contributed by atoms with van der Waals surface area (Å²) in [5.74, 6) is 1.65.